The van der Waals surface area contributed by atoms with E-state index in [1.54, 1.807) is 45.6 Å². The molecule has 4 rings (SSSR count). The van der Waals surface area contributed by atoms with E-state index in [0.29, 0.717) is 25.2 Å². The molecule has 0 radical (unpaired) electrons. The van der Waals surface area contributed by atoms with Gasteiger partial charge in [0.1, 0.15) is 31.3 Å². The van der Waals surface area contributed by atoms with Crippen LogP contribution in [-0.2, 0) is 25.5 Å². The van der Waals surface area contributed by atoms with E-state index in [0.717, 1.165) is 23.7 Å². The molecule has 1 saturated heterocycles. The predicted octanol–water partition coefficient (Wildman–Crippen LogP) is 3.96. The summed E-state index contributed by atoms with van der Waals surface area (Å²) in [5, 5.41) is 0. The third kappa shape index (κ3) is 12.3. The first-order valence-corrected chi connectivity index (χ1v) is 13.0. The maximum absolute atomic E-state index is 11.0. The highest BCUT2D eigenvalue weighted by atomic mass is 16.6. The molecular formula is C29H41NO8. The highest BCUT2D eigenvalue weighted by Gasteiger charge is 2.13. The smallest absolute Gasteiger partial charge is 0.309 e. The fraction of sp³-hybridized carbons (Fsp3) is 0.517. The van der Waals surface area contributed by atoms with Crippen LogP contribution < -0.4 is 18.9 Å². The largest absolute Gasteiger partial charge is 0.497 e. The molecule has 0 amide bonds. The van der Waals surface area contributed by atoms with Crippen molar-refractivity contribution < 1.29 is 38.0 Å². The van der Waals surface area contributed by atoms with Crippen molar-refractivity contribution >= 4 is 12.3 Å². The van der Waals surface area contributed by atoms with Gasteiger partial charge < -0.3 is 33.3 Å². The van der Waals surface area contributed by atoms with Crippen molar-refractivity contribution in [2.45, 2.75) is 32.1 Å². The van der Waals surface area contributed by atoms with Gasteiger partial charge in [-0.3, -0.25) is 9.59 Å². The molecule has 0 spiro atoms. The molecule has 0 saturated carbocycles. The third-order valence-electron chi connectivity index (χ3n) is 5.69. The van der Waals surface area contributed by atoms with Gasteiger partial charge in [-0.25, -0.2) is 0 Å². The van der Waals surface area contributed by atoms with Gasteiger partial charge in [-0.05, 0) is 87.3 Å². The van der Waals surface area contributed by atoms with Crippen LogP contribution in [0.4, 0.5) is 0 Å². The summed E-state index contributed by atoms with van der Waals surface area (Å²) < 4.78 is 30.3. The number of hydrogen-bond acceptors (Lipinski definition) is 9. The fourth-order valence-corrected chi connectivity index (χ4v) is 3.88. The minimum atomic E-state index is -0.453. The number of rotatable bonds is 11. The zero-order valence-electron chi connectivity index (χ0n) is 22.8. The molecule has 210 valence electrons. The molecule has 38 heavy (non-hydrogen) atoms. The summed E-state index contributed by atoms with van der Waals surface area (Å²) in [6.07, 6.45) is 5.77. The van der Waals surface area contributed by atoms with E-state index in [-0.39, 0.29) is 19.6 Å². The standard InChI is InChI=1S/C15H21NO2.C12H14O5.C2H6O/c1-2-8-16(7-1)9-3-4-13-5-6-14-15(12-13)18-11-10-17-14;1-15-10-2-4-11(5-3-10)16-8-6-12(14)17-9-7-13;1-3-2/h5-6,12H,1-4,7-11H2;2-5,7H,6,8-9H2,1H3;1-2H3. The Morgan fingerprint density at radius 1 is 0.947 bits per heavy atom. The van der Waals surface area contributed by atoms with E-state index in [4.69, 9.17) is 18.9 Å². The molecule has 0 unspecified atom stereocenters. The number of ether oxygens (including phenoxy) is 6. The summed E-state index contributed by atoms with van der Waals surface area (Å²) in [4.78, 5) is 23.5. The van der Waals surface area contributed by atoms with Crippen LogP contribution >= 0.6 is 0 Å². The van der Waals surface area contributed by atoms with E-state index >= 15 is 0 Å². The molecule has 0 N–H and O–H groups in total. The first kappa shape index (κ1) is 30.9. The lowest BCUT2D eigenvalue weighted by Gasteiger charge is -2.19. The first-order chi connectivity index (χ1) is 18.6. The lowest BCUT2D eigenvalue weighted by atomic mass is 10.1. The number of likely N-dealkylation sites (tertiary alicyclic amines) is 1. The lowest BCUT2D eigenvalue weighted by molar-refractivity contribution is -0.146. The molecule has 0 aromatic heterocycles. The fourth-order valence-electron chi connectivity index (χ4n) is 3.88. The molecule has 2 aromatic carbocycles. The van der Waals surface area contributed by atoms with Crippen LogP contribution in [0.2, 0.25) is 0 Å². The Balaban J connectivity index is 0.000000243. The van der Waals surface area contributed by atoms with Crippen LogP contribution in [-0.4, -0.2) is 84.5 Å². The molecule has 2 heterocycles. The lowest BCUT2D eigenvalue weighted by Crippen LogP contribution is -2.20. The molecule has 9 heteroatoms. The quantitative estimate of drug-likeness (QED) is 0.316. The van der Waals surface area contributed by atoms with Crippen molar-refractivity contribution in [1.29, 1.82) is 0 Å². The number of carbonyl (C=O) groups excluding carboxylic acids is 2. The zero-order valence-corrected chi connectivity index (χ0v) is 22.8. The van der Waals surface area contributed by atoms with Crippen LogP contribution in [0, 0.1) is 0 Å². The van der Waals surface area contributed by atoms with Gasteiger partial charge in [0.2, 0.25) is 0 Å². The van der Waals surface area contributed by atoms with Crippen LogP contribution in [0.3, 0.4) is 0 Å². The van der Waals surface area contributed by atoms with Gasteiger partial charge >= 0.3 is 5.97 Å². The van der Waals surface area contributed by atoms with Crippen molar-refractivity contribution in [3.05, 3.63) is 48.0 Å². The van der Waals surface area contributed by atoms with E-state index in [2.05, 4.69) is 26.5 Å². The van der Waals surface area contributed by atoms with Crippen molar-refractivity contribution in [3.8, 4) is 23.0 Å². The Morgan fingerprint density at radius 3 is 2.26 bits per heavy atom. The van der Waals surface area contributed by atoms with Gasteiger partial charge in [0, 0.05) is 14.2 Å². The maximum Gasteiger partial charge on any atom is 0.309 e. The van der Waals surface area contributed by atoms with Gasteiger partial charge in [0.15, 0.2) is 17.8 Å². The second kappa shape index (κ2) is 18.9. The number of nitrogens with zero attached hydrogens (tertiary/aromatic N) is 1. The summed E-state index contributed by atoms with van der Waals surface area (Å²) in [6.45, 7) is 5.16. The molecule has 2 aromatic rings. The molecular weight excluding hydrogens is 490 g/mol. The van der Waals surface area contributed by atoms with Crippen LogP contribution in [0.25, 0.3) is 0 Å². The molecule has 0 aliphatic carbocycles. The van der Waals surface area contributed by atoms with E-state index < -0.39 is 5.97 Å². The molecule has 2 aliphatic rings. The number of fused-ring (bicyclic) bond motifs is 1. The number of carbonyl (C=O) groups is 2. The molecule has 0 atom stereocenters. The monoisotopic (exact) mass is 531 g/mol. The van der Waals surface area contributed by atoms with E-state index in [9.17, 15) is 9.59 Å². The van der Waals surface area contributed by atoms with Crippen LogP contribution in [0.5, 0.6) is 23.0 Å². The predicted molar refractivity (Wildman–Crippen MR) is 144 cm³/mol. The SMILES string of the molecule is COC.COc1ccc(OCCC(=O)OCC=O)cc1.c1cc2c(cc1CCCN1CCCC1)OCCO2. The normalized spacial score (nSPS) is 13.8. The van der Waals surface area contributed by atoms with Gasteiger partial charge in [0.25, 0.3) is 0 Å². The minimum Gasteiger partial charge on any atom is -0.497 e. The van der Waals surface area contributed by atoms with Crippen molar-refractivity contribution in [2.24, 2.45) is 0 Å². The third-order valence-corrected chi connectivity index (χ3v) is 5.69. The Labute approximate surface area is 225 Å². The molecule has 2 aliphatic heterocycles. The summed E-state index contributed by atoms with van der Waals surface area (Å²) in [6, 6.07) is 13.4. The van der Waals surface area contributed by atoms with Gasteiger partial charge in [0.05, 0.1) is 20.1 Å². The highest BCUT2D eigenvalue weighted by Crippen LogP contribution is 2.31. The topological polar surface area (TPSA) is 92.8 Å². The van der Waals surface area contributed by atoms with Gasteiger partial charge in [-0.1, -0.05) is 6.07 Å². The summed E-state index contributed by atoms with van der Waals surface area (Å²) in [5.41, 5.74) is 1.36. The number of methoxy groups -OCH3 is 2. The summed E-state index contributed by atoms with van der Waals surface area (Å²) in [5.74, 6) is 2.74. The van der Waals surface area contributed by atoms with Crippen LogP contribution in [0.1, 0.15) is 31.2 Å². The summed E-state index contributed by atoms with van der Waals surface area (Å²) in [7, 11) is 4.83. The van der Waals surface area contributed by atoms with Gasteiger partial charge in [-0.2, -0.15) is 0 Å². The summed E-state index contributed by atoms with van der Waals surface area (Å²) >= 11 is 0. The second-order valence-corrected chi connectivity index (χ2v) is 8.66. The Bertz CT molecular complexity index is 929. The number of aryl methyl sites for hydroxylation is 1. The average Bonchev–Trinajstić information content (AvgIpc) is 3.47. The molecule has 1 fully saturated rings. The number of benzene rings is 2. The van der Waals surface area contributed by atoms with E-state index in [1.165, 1.54) is 44.5 Å². The highest BCUT2D eigenvalue weighted by molar-refractivity contribution is 5.71. The molecule has 9 nitrogen and oxygen atoms in total. The van der Waals surface area contributed by atoms with Gasteiger partial charge in [-0.15, -0.1) is 0 Å². The Morgan fingerprint density at radius 2 is 1.61 bits per heavy atom. The van der Waals surface area contributed by atoms with Crippen molar-refractivity contribution in [1.82, 2.24) is 4.90 Å². The number of hydrogen-bond donors (Lipinski definition) is 0. The zero-order chi connectivity index (χ0) is 27.4. The Hall–Kier alpha value is -3.30. The maximum atomic E-state index is 11.0. The average molecular weight is 532 g/mol. The number of esters is 1. The second-order valence-electron chi connectivity index (χ2n) is 8.66. The van der Waals surface area contributed by atoms with Crippen molar-refractivity contribution in [3.63, 3.8) is 0 Å². The minimum absolute atomic E-state index is 0.111. The van der Waals surface area contributed by atoms with Crippen LogP contribution in [0.15, 0.2) is 42.5 Å². The van der Waals surface area contributed by atoms with E-state index in [1.807, 2.05) is 6.07 Å². The molecule has 0 bridgehead atoms. The number of aldehydes is 1. The van der Waals surface area contributed by atoms with Crippen molar-refractivity contribution in [2.75, 3.05) is 67.4 Å². The Kier molecular flexibility index (Phi) is 15.4. The first-order valence-electron chi connectivity index (χ1n) is 13.0.